The molecule has 0 aromatic carbocycles. The Hall–Kier alpha value is -0.760. The molecule has 142 valence electrons. The number of hydrogen-bond acceptors (Lipinski definition) is 6. The summed E-state index contributed by atoms with van der Waals surface area (Å²) in [5.41, 5.74) is 0. The van der Waals surface area contributed by atoms with Gasteiger partial charge in [0.15, 0.2) is 0 Å². The fraction of sp³-hybridized carbons (Fsp3) is 0.684. The van der Waals surface area contributed by atoms with Gasteiger partial charge in [-0.2, -0.15) is 4.98 Å². The molecule has 2 aliphatic heterocycles. The maximum atomic E-state index is 5.47. The van der Waals surface area contributed by atoms with E-state index in [0.717, 1.165) is 40.8 Å². The van der Waals surface area contributed by atoms with Crippen LogP contribution in [-0.4, -0.2) is 52.7 Å². The van der Waals surface area contributed by atoms with Crippen molar-refractivity contribution in [2.24, 2.45) is 5.92 Å². The highest BCUT2D eigenvalue weighted by Crippen LogP contribution is 2.28. The van der Waals surface area contributed by atoms with Crippen LogP contribution in [0.3, 0.4) is 0 Å². The highest BCUT2D eigenvalue weighted by molar-refractivity contribution is 9.10. The van der Waals surface area contributed by atoms with E-state index in [0.29, 0.717) is 5.82 Å². The molecule has 2 saturated heterocycles. The highest BCUT2D eigenvalue weighted by atomic mass is 79.9. The van der Waals surface area contributed by atoms with Crippen LogP contribution in [0.4, 0.5) is 0 Å². The predicted molar refractivity (Wildman–Crippen MR) is 108 cm³/mol. The van der Waals surface area contributed by atoms with Crippen molar-refractivity contribution in [3.8, 4) is 10.7 Å². The predicted octanol–water partition coefficient (Wildman–Crippen LogP) is 4.65. The SMILES string of the molecule is Brc1csc(-c2noc(CN3CCC(CN4CCCCCC4)CC3)n2)c1. The van der Waals surface area contributed by atoms with Crippen molar-refractivity contribution >= 4 is 27.3 Å². The van der Waals surface area contributed by atoms with Gasteiger partial charge in [-0.05, 0) is 79.8 Å². The maximum absolute atomic E-state index is 5.47. The van der Waals surface area contributed by atoms with E-state index in [4.69, 9.17) is 4.52 Å². The van der Waals surface area contributed by atoms with Gasteiger partial charge < -0.3 is 9.42 Å². The Bertz CT molecular complexity index is 687. The van der Waals surface area contributed by atoms with Crippen molar-refractivity contribution in [3.63, 3.8) is 0 Å². The molecule has 0 amide bonds. The minimum atomic E-state index is 0.701. The monoisotopic (exact) mass is 438 g/mol. The summed E-state index contributed by atoms with van der Waals surface area (Å²) in [6.45, 7) is 6.97. The Morgan fingerprint density at radius 1 is 1.08 bits per heavy atom. The minimum Gasteiger partial charge on any atom is -0.338 e. The van der Waals surface area contributed by atoms with Crippen LogP contribution in [0.2, 0.25) is 0 Å². The van der Waals surface area contributed by atoms with E-state index in [9.17, 15) is 0 Å². The Balaban J connectivity index is 1.24. The number of nitrogens with zero attached hydrogens (tertiary/aromatic N) is 4. The molecule has 4 heterocycles. The Morgan fingerprint density at radius 2 is 1.85 bits per heavy atom. The van der Waals surface area contributed by atoms with Gasteiger partial charge in [0.1, 0.15) is 0 Å². The van der Waals surface area contributed by atoms with Crippen LogP contribution in [0.1, 0.15) is 44.4 Å². The molecular formula is C19H27BrN4OS. The third-order valence-electron chi connectivity index (χ3n) is 5.54. The quantitative estimate of drug-likeness (QED) is 0.679. The summed E-state index contributed by atoms with van der Waals surface area (Å²) in [4.78, 5) is 10.8. The summed E-state index contributed by atoms with van der Waals surface area (Å²) in [5, 5.41) is 6.18. The lowest BCUT2D eigenvalue weighted by Crippen LogP contribution is -2.38. The van der Waals surface area contributed by atoms with Crippen LogP contribution < -0.4 is 0 Å². The average molecular weight is 439 g/mol. The van der Waals surface area contributed by atoms with Gasteiger partial charge in [-0.1, -0.05) is 18.0 Å². The molecule has 0 spiro atoms. The van der Waals surface area contributed by atoms with Crippen molar-refractivity contribution in [2.75, 3.05) is 32.7 Å². The van der Waals surface area contributed by atoms with Crippen LogP contribution in [0.5, 0.6) is 0 Å². The molecule has 7 heteroatoms. The lowest BCUT2D eigenvalue weighted by molar-refractivity contribution is 0.130. The van der Waals surface area contributed by atoms with Crippen molar-refractivity contribution in [1.82, 2.24) is 19.9 Å². The summed E-state index contributed by atoms with van der Waals surface area (Å²) in [6.07, 6.45) is 8.19. The van der Waals surface area contributed by atoms with Crippen molar-refractivity contribution in [3.05, 3.63) is 21.8 Å². The Labute approximate surface area is 167 Å². The number of rotatable bonds is 5. The molecule has 0 N–H and O–H groups in total. The highest BCUT2D eigenvalue weighted by Gasteiger charge is 2.23. The maximum Gasteiger partial charge on any atom is 0.241 e. The van der Waals surface area contributed by atoms with Crippen LogP contribution in [-0.2, 0) is 6.54 Å². The van der Waals surface area contributed by atoms with E-state index >= 15 is 0 Å². The second-order valence-corrected chi connectivity index (χ2v) is 9.40. The number of halogens is 1. The van der Waals surface area contributed by atoms with E-state index in [1.807, 2.05) is 11.4 Å². The van der Waals surface area contributed by atoms with E-state index < -0.39 is 0 Å². The van der Waals surface area contributed by atoms with Gasteiger partial charge in [-0.3, -0.25) is 4.90 Å². The fourth-order valence-corrected chi connectivity index (χ4v) is 5.40. The fourth-order valence-electron chi connectivity index (χ4n) is 4.05. The molecule has 0 atom stereocenters. The summed E-state index contributed by atoms with van der Waals surface area (Å²) < 4.78 is 6.54. The molecule has 0 unspecified atom stereocenters. The van der Waals surface area contributed by atoms with Crippen LogP contribution >= 0.6 is 27.3 Å². The number of aromatic nitrogens is 2. The molecule has 2 fully saturated rings. The molecule has 5 nitrogen and oxygen atoms in total. The van der Waals surface area contributed by atoms with Gasteiger partial charge in [-0.15, -0.1) is 11.3 Å². The number of hydrogen-bond donors (Lipinski definition) is 0. The first-order valence-corrected chi connectivity index (χ1v) is 11.5. The van der Waals surface area contributed by atoms with Gasteiger partial charge in [0.2, 0.25) is 11.7 Å². The second kappa shape index (κ2) is 8.95. The average Bonchev–Trinajstić information content (AvgIpc) is 3.20. The van der Waals surface area contributed by atoms with Crippen molar-refractivity contribution < 1.29 is 4.52 Å². The van der Waals surface area contributed by atoms with Crippen molar-refractivity contribution in [2.45, 2.75) is 45.1 Å². The summed E-state index contributed by atoms with van der Waals surface area (Å²) in [7, 11) is 0. The molecule has 2 aliphatic rings. The summed E-state index contributed by atoms with van der Waals surface area (Å²) >= 11 is 5.10. The molecular weight excluding hydrogens is 412 g/mol. The zero-order valence-electron chi connectivity index (χ0n) is 15.2. The minimum absolute atomic E-state index is 0.701. The third kappa shape index (κ3) is 4.94. The van der Waals surface area contributed by atoms with Gasteiger partial charge in [0, 0.05) is 16.4 Å². The van der Waals surface area contributed by atoms with E-state index in [1.54, 1.807) is 11.3 Å². The smallest absolute Gasteiger partial charge is 0.241 e. The van der Waals surface area contributed by atoms with Gasteiger partial charge in [-0.25, -0.2) is 0 Å². The molecule has 2 aromatic rings. The zero-order valence-corrected chi connectivity index (χ0v) is 17.6. The van der Waals surface area contributed by atoms with E-state index in [1.165, 1.54) is 58.2 Å². The van der Waals surface area contributed by atoms with Crippen LogP contribution in [0.15, 0.2) is 20.4 Å². The third-order valence-corrected chi connectivity index (χ3v) is 7.22. The number of thiophene rings is 1. The first-order valence-electron chi connectivity index (χ1n) is 9.78. The molecule has 0 radical (unpaired) electrons. The standard InChI is InChI=1S/C19H27BrN4OS/c20-16-11-17(26-14-16)19-21-18(25-22-19)13-24-9-5-15(6-10-24)12-23-7-3-1-2-4-8-23/h11,14-15H,1-10,12-13H2. The molecule has 0 aliphatic carbocycles. The van der Waals surface area contributed by atoms with E-state index in [-0.39, 0.29) is 0 Å². The lowest BCUT2D eigenvalue weighted by atomic mass is 9.96. The normalized spacial score (nSPS) is 21.1. The second-order valence-electron chi connectivity index (χ2n) is 7.58. The summed E-state index contributed by atoms with van der Waals surface area (Å²) in [6, 6.07) is 2.04. The molecule has 4 rings (SSSR count). The van der Waals surface area contributed by atoms with Gasteiger partial charge in [0.05, 0.1) is 11.4 Å². The molecule has 0 bridgehead atoms. The zero-order chi connectivity index (χ0) is 17.8. The first-order chi connectivity index (χ1) is 12.8. The topological polar surface area (TPSA) is 45.4 Å². The van der Waals surface area contributed by atoms with E-state index in [2.05, 4.69) is 35.9 Å². The first kappa shape index (κ1) is 18.6. The number of piperidine rings is 1. The molecule has 0 saturated carbocycles. The van der Waals surface area contributed by atoms with Crippen molar-refractivity contribution in [1.29, 1.82) is 0 Å². The van der Waals surface area contributed by atoms with Gasteiger partial charge in [0.25, 0.3) is 0 Å². The Kier molecular flexibility index (Phi) is 6.40. The Morgan fingerprint density at radius 3 is 2.54 bits per heavy atom. The molecule has 26 heavy (non-hydrogen) atoms. The molecule has 2 aromatic heterocycles. The summed E-state index contributed by atoms with van der Waals surface area (Å²) in [5.74, 6) is 2.29. The largest absolute Gasteiger partial charge is 0.338 e. The van der Waals surface area contributed by atoms with Crippen LogP contribution in [0.25, 0.3) is 10.7 Å². The lowest BCUT2D eigenvalue weighted by Gasteiger charge is -2.34. The van der Waals surface area contributed by atoms with Gasteiger partial charge >= 0.3 is 0 Å². The number of likely N-dealkylation sites (tertiary alicyclic amines) is 2. The van der Waals surface area contributed by atoms with Crippen LogP contribution in [0, 0.1) is 5.92 Å².